The van der Waals surface area contributed by atoms with E-state index in [0.717, 1.165) is 0 Å². The zero-order chi connectivity index (χ0) is 25.6. The molecule has 36 heavy (non-hydrogen) atoms. The van der Waals surface area contributed by atoms with Crippen LogP contribution in [-0.2, 0) is 6.61 Å². The van der Waals surface area contributed by atoms with E-state index in [0.29, 0.717) is 22.6 Å². The number of aromatic nitrogens is 1. The smallest absolute Gasteiger partial charge is 0.279 e. The van der Waals surface area contributed by atoms with Gasteiger partial charge in [0.05, 0.1) is 13.7 Å². The number of pyridine rings is 1. The van der Waals surface area contributed by atoms with E-state index in [1.807, 2.05) is 0 Å². The van der Waals surface area contributed by atoms with E-state index in [1.165, 1.54) is 13.2 Å². The number of ether oxygens (including phenoxy) is 1. The molecule has 1 aromatic heterocycles. The fourth-order valence-electron chi connectivity index (χ4n) is 1.90. The van der Waals surface area contributed by atoms with Gasteiger partial charge in [0.15, 0.2) is 4.48 Å². The highest BCUT2D eigenvalue weighted by atomic mass is 19.2. The molecule has 2 rings (SSSR count). The van der Waals surface area contributed by atoms with Gasteiger partial charge in [0.2, 0.25) is 5.88 Å². The zero-order valence-electron chi connectivity index (χ0n) is 18.1. The molecule has 8 heteroatoms. The van der Waals surface area contributed by atoms with Crippen molar-refractivity contribution in [3.63, 3.8) is 0 Å². The summed E-state index contributed by atoms with van der Waals surface area (Å²) >= 11 is 0. The minimum absolute atomic E-state index is 0. The first-order chi connectivity index (χ1) is 16.4. The number of halogens is 2. The lowest BCUT2D eigenvalue weighted by atomic mass is 10.0. The van der Waals surface area contributed by atoms with Crippen molar-refractivity contribution < 1.29 is 29.6 Å². The van der Waals surface area contributed by atoms with Gasteiger partial charge in [-0.3, -0.25) is 0 Å². The van der Waals surface area contributed by atoms with Crippen molar-refractivity contribution in [2.45, 2.75) is 28.4 Å². The van der Waals surface area contributed by atoms with Crippen LogP contribution in [0.1, 0.15) is 33.0 Å². The van der Waals surface area contributed by atoms with Gasteiger partial charge in [-0.05, 0) is 89.4 Å². The Hall–Kier alpha value is -5.25. The Morgan fingerprint density at radius 2 is 1.58 bits per heavy atom. The van der Waals surface area contributed by atoms with Crippen molar-refractivity contribution in [2.24, 2.45) is 0 Å². The van der Waals surface area contributed by atoms with Crippen molar-refractivity contribution >= 4 is 0 Å². The summed E-state index contributed by atoms with van der Waals surface area (Å²) in [5.74, 6) is 27.0. The Bertz CT molecular complexity index is 1350. The number of hydrogen-bond donors (Lipinski definition) is 1. The number of nitro groups is 1. The molecule has 1 aromatic carbocycles. The molecule has 0 aliphatic rings. The number of rotatable bonds is 3. The normalized spacial score (nSPS) is 6.89. The van der Waals surface area contributed by atoms with Crippen molar-refractivity contribution in [1.29, 1.82) is 0 Å². The predicted octanol–water partition coefficient (Wildman–Crippen LogP) is 5.45. The molecule has 0 atom stereocenters. The molecule has 0 unspecified atom stereocenters. The standard InChI is InChI=1S/C13H12FNO2.C13H4.2CH4.FNO2.4H2/c1-17-13-7-10(4-5-15-13)11-3-2-9(8-16)6-12(11)14;1-3-5-7-9-11-13-12-10-8-6-4-2;;;1-2(3)4;;;;/h2-7,16H,8H2,1H3;1H,2H3;2*1H4;;4*1H. The molecular formula is C28H32F2N2O4. The molecule has 0 spiro atoms. The monoisotopic (exact) mass is 498 g/mol. The van der Waals surface area contributed by atoms with Crippen LogP contribution in [0.25, 0.3) is 11.1 Å². The Morgan fingerprint density at radius 3 is 2.03 bits per heavy atom. The highest BCUT2D eigenvalue weighted by Crippen LogP contribution is 2.25. The third-order valence-corrected chi connectivity index (χ3v) is 3.17. The van der Waals surface area contributed by atoms with Gasteiger partial charge < -0.3 is 9.84 Å². The van der Waals surface area contributed by atoms with Crippen molar-refractivity contribution in [2.75, 3.05) is 7.11 Å². The average molecular weight is 499 g/mol. The molecule has 0 aliphatic carbocycles. The lowest BCUT2D eigenvalue weighted by molar-refractivity contribution is -0.672. The molecule has 0 aliphatic heterocycles. The summed E-state index contributed by atoms with van der Waals surface area (Å²) in [6.45, 7) is 1.54. The molecule has 192 valence electrons. The second kappa shape index (κ2) is 22.9. The van der Waals surface area contributed by atoms with Crippen molar-refractivity contribution in [3.05, 3.63) is 58.0 Å². The van der Waals surface area contributed by atoms with Gasteiger partial charge in [-0.25, -0.2) is 19.5 Å². The number of aliphatic hydroxyl groups excluding tert-OH is 1. The van der Waals surface area contributed by atoms with Gasteiger partial charge in [0, 0.05) is 23.5 Å². The first kappa shape index (κ1) is 35.3. The number of aliphatic hydroxyl groups is 1. The first-order valence-electron chi connectivity index (χ1n) is 8.96. The topological polar surface area (TPSA) is 85.5 Å². The predicted molar refractivity (Wildman–Crippen MR) is 146 cm³/mol. The van der Waals surface area contributed by atoms with Crippen LogP contribution in [0.3, 0.4) is 0 Å². The Balaban J connectivity index is -0.0000000865. The Labute approximate surface area is 217 Å². The Kier molecular flexibility index (Phi) is 22.5. The summed E-state index contributed by atoms with van der Waals surface area (Å²) < 4.78 is 28.5. The van der Waals surface area contributed by atoms with E-state index in [1.54, 1.807) is 37.4 Å². The zero-order valence-corrected chi connectivity index (χ0v) is 18.1. The van der Waals surface area contributed by atoms with E-state index in [-0.39, 0.29) is 33.0 Å². The van der Waals surface area contributed by atoms with Gasteiger partial charge >= 0.3 is 0 Å². The molecular weight excluding hydrogens is 466 g/mol. The highest BCUT2D eigenvalue weighted by Gasteiger charge is 2.07. The van der Waals surface area contributed by atoms with E-state index in [9.17, 15) is 8.87 Å². The van der Waals surface area contributed by atoms with Crippen LogP contribution in [-0.4, -0.2) is 22.3 Å². The quantitative estimate of drug-likeness (QED) is 0.263. The van der Waals surface area contributed by atoms with E-state index >= 15 is 0 Å². The maximum atomic E-state index is 13.8. The second-order valence-corrected chi connectivity index (χ2v) is 5.29. The fourth-order valence-corrected chi connectivity index (χ4v) is 1.90. The number of methoxy groups -OCH3 is 1. The molecule has 0 fully saturated rings. The third kappa shape index (κ3) is 17.3. The molecule has 0 saturated carbocycles. The molecule has 0 radical (unpaired) electrons. The van der Waals surface area contributed by atoms with E-state index < -0.39 is 5.15 Å². The van der Waals surface area contributed by atoms with Gasteiger partial charge in [0.25, 0.3) is 5.15 Å². The largest absolute Gasteiger partial charge is 0.481 e. The van der Waals surface area contributed by atoms with E-state index in [4.69, 9.17) is 26.4 Å². The van der Waals surface area contributed by atoms with Gasteiger partial charge in [-0.2, -0.15) is 0 Å². The molecule has 1 N–H and O–H groups in total. The van der Waals surface area contributed by atoms with Crippen LogP contribution >= 0.6 is 0 Å². The van der Waals surface area contributed by atoms with Gasteiger partial charge in [-0.1, -0.05) is 32.9 Å². The number of nitrogens with zero attached hydrogens (tertiary/aromatic N) is 2. The first-order valence-corrected chi connectivity index (χ1v) is 8.96. The number of benzene rings is 1. The van der Waals surface area contributed by atoms with Crippen molar-refractivity contribution in [1.82, 2.24) is 4.98 Å². The summed E-state index contributed by atoms with van der Waals surface area (Å²) in [7, 11) is 1.51. The summed E-state index contributed by atoms with van der Waals surface area (Å²) in [5.41, 5.74) is 1.70. The maximum absolute atomic E-state index is 13.8. The number of terminal acetylenes is 1. The van der Waals surface area contributed by atoms with Crippen LogP contribution < -0.4 is 4.74 Å². The summed E-state index contributed by atoms with van der Waals surface area (Å²) in [6, 6.07) is 8.01. The average Bonchev–Trinajstić information content (AvgIpc) is 2.83. The summed E-state index contributed by atoms with van der Waals surface area (Å²) in [6.07, 6.45) is 6.42. The molecule has 1 heterocycles. The van der Waals surface area contributed by atoms with Gasteiger partial charge in [0.1, 0.15) is 5.82 Å². The third-order valence-electron chi connectivity index (χ3n) is 3.17. The van der Waals surface area contributed by atoms with Gasteiger partial charge in [-0.15, -0.1) is 6.42 Å². The molecule has 2 aromatic rings. The minimum Gasteiger partial charge on any atom is -0.481 e. The minimum atomic E-state index is -2.00. The SMILES string of the molecule is C.C.C#CC#CC#CC#CC#CC#CC.COc1cc(-c2ccc(CO)cc2F)ccn1.O=[N+]([O-])F.[HH].[HH].[HH].[HH]. The molecule has 0 saturated heterocycles. The number of hydrogen-bond acceptors (Lipinski definition) is 5. The van der Waals surface area contributed by atoms with Crippen molar-refractivity contribution in [3.8, 4) is 88.6 Å². The molecule has 6 nitrogen and oxygen atoms in total. The van der Waals surface area contributed by atoms with Crippen LogP contribution in [0, 0.1) is 87.5 Å². The van der Waals surface area contributed by atoms with Crippen LogP contribution in [0.2, 0.25) is 0 Å². The second-order valence-electron chi connectivity index (χ2n) is 5.29. The lowest BCUT2D eigenvalue weighted by Gasteiger charge is -2.06. The molecule has 0 bridgehead atoms. The lowest BCUT2D eigenvalue weighted by Crippen LogP contribution is -1.91. The maximum Gasteiger partial charge on any atom is 0.279 e. The van der Waals surface area contributed by atoms with Crippen LogP contribution in [0.5, 0.6) is 5.88 Å². The fraction of sp³-hybridized carbons (Fsp3) is 0.179. The molecule has 0 amide bonds. The summed E-state index contributed by atoms with van der Waals surface area (Å²) in [5, 5.41) is 15.0. The van der Waals surface area contributed by atoms with E-state index in [2.05, 4.69) is 70.1 Å². The Morgan fingerprint density at radius 1 is 1.06 bits per heavy atom. The van der Waals surface area contributed by atoms with Crippen LogP contribution in [0.4, 0.5) is 8.87 Å². The van der Waals surface area contributed by atoms with Crippen LogP contribution in [0.15, 0.2) is 36.5 Å². The highest BCUT2D eigenvalue weighted by molar-refractivity contribution is 5.65. The summed E-state index contributed by atoms with van der Waals surface area (Å²) in [4.78, 5) is 12.1.